The Kier molecular flexibility index (Phi) is 13.5. The summed E-state index contributed by atoms with van der Waals surface area (Å²) in [4.78, 5) is 16.0. The van der Waals surface area contributed by atoms with Crippen LogP contribution in [0.25, 0.3) is 11.3 Å². The summed E-state index contributed by atoms with van der Waals surface area (Å²) in [5, 5.41) is 68.6. The van der Waals surface area contributed by atoms with Crippen molar-refractivity contribution in [1.82, 2.24) is 10.3 Å². The molecule has 1 aromatic carbocycles. The fourth-order valence-corrected chi connectivity index (χ4v) is 10.0. The minimum Gasteiger partial charge on any atom is -0.508 e. The number of aliphatic carboxylic acids is 1. The van der Waals surface area contributed by atoms with Gasteiger partial charge in [0.05, 0.1) is 29.5 Å². The fraction of sp³-hybridized carbons (Fsp3) is 0.578. The van der Waals surface area contributed by atoms with Crippen LogP contribution in [-0.4, -0.2) is 65.9 Å². The van der Waals surface area contributed by atoms with Crippen molar-refractivity contribution in [3.05, 3.63) is 83.9 Å². The molecule has 10 unspecified atom stereocenters. The predicted molar refractivity (Wildman–Crippen MR) is 215 cm³/mol. The molecule has 300 valence electrons. The van der Waals surface area contributed by atoms with E-state index >= 15 is 0 Å². The number of aliphatic hydroxyl groups excluding tert-OH is 2. The average molecular weight is 758 g/mol. The zero-order chi connectivity index (χ0) is 39.1. The molecule has 1 aliphatic heterocycles. The van der Waals surface area contributed by atoms with E-state index in [-0.39, 0.29) is 47.7 Å². The van der Waals surface area contributed by atoms with Crippen molar-refractivity contribution in [2.24, 2.45) is 47.2 Å². The molecule has 10 heteroatoms. The summed E-state index contributed by atoms with van der Waals surface area (Å²) in [6.07, 6.45) is 22.5. The van der Waals surface area contributed by atoms with Gasteiger partial charge >= 0.3 is 5.97 Å². The highest BCUT2D eigenvalue weighted by Gasteiger charge is 2.56. The van der Waals surface area contributed by atoms with Gasteiger partial charge in [-0.05, 0) is 105 Å². The average Bonchev–Trinajstić information content (AvgIpc) is 3.71. The largest absolute Gasteiger partial charge is 0.508 e. The molecule has 1 saturated carbocycles. The number of H-pyrrole nitrogens is 1. The molecule has 0 amide bonds. The van der Waals surface area contributed by atoms with E-state index in [0.717, 1.165) is 61.9 Å². The Morgan fingerprint density at radius 3 is 2.47 bits per heavy atom. The van der Waals surface area contributed by atoms with Gasteiger partial charge in [0.15, 0.2) is 0 Å². The summed E-state index contributed by atoms with van der Waals surface area (Å²) in [6, 6.07) is 8.30. The summed E-state index contributed by atoms with van der Waals surface area (Å²) in [5.74, 6) is -1.57. The van der Waals surface area contributed by atoms with E-state index in [1.165, 1.54) is 25.3 Å². The van der Waals surface area contributed by atoms with E-state index < -0.39 is 29.5 Å². The summed E-state index contributed by atoms with van der Waals surface area (Å²) in [6.45, 7) is 2.85. The number of dihydropyridines is 1. The molecule has 0 spiro atoms. The molecule has 10 nitrogen and oxygen atoms in total. The zero-order valence-electron chi connectivity index (χ0n) is 32.3. The number of fused-ring (bicyclic) bond motifs is 1. The molecular formula is C45H63N3O7. The third kappa shape index (κ3) is 10.1. The van der Waals surface area contributed by atoms with Crippen molar-refractivity contribution in [3.63, 3.8) is 0 Å². The van der Waals surface area contributed by atoms with Gasteiger partial charge in [-0.25, -0.2) is 0 Å². The molecule has 2 heterocycles. The van der Waals surface area contributed by atoms with Gasteiger partial charge in [-0.1, -0.05) is 75.8 Å². The number of phenolic OH excluding ortho intramolecular Hbond substituents is 2. The van der Waals surface area contributed by atoms with Crippen LogP contribution in [0.5, 0.6) is 11.5 Å². The second-order valence-electron chi connectivity index (χ2n) is 16.9. The Morgan fingerprint density at radius 2 is 1.75 bits per heavy atom. The number of rotatable bonds is 18. The highest BCUT2D eigenvalue weighted by Crippen LogP contribution is 2.55. The van der Waals surface area contributed by atoms with E-state index in [9.17, 15) is 35.4 Å². The predicted octanol–water partition coefficient (Wildman–Crippen LogP) is 7.06. The van der Waals surface area contributed by atoms with Gasteiger partial charge in [0.2, 0.25) is 0 Å². The van der Waals surface area contributed by atoms with Crippen LogP contribution in [0, 0.1) is 41.4 Å². The smallest absolute Gasteiger partial charge is 0.309 e. The van der Waals surface area contributed by atoms with E-state index in [0.29, 0.717) is 43.1 Å². The highest BCUT2D eigenvalue weighted by molar-refractivity contribution is 5.70. The normalized spacial score (nSPS) is 29.9. The monoisotopic (exact) mass is 757 g/mol. The Morgan fingerprint density at radius 1 is 0.964 bits per heavy atom. The molecule has 1 fully saturated rings. The molecule has 0 radical (unpaired) electrons. The quantitative estimate of drug-likeness (QED) is 0.0566. The summed E-state index contributed by atoms with van der Waals surface area (Å²) >= 11 is 0. The third-order valence-corrected chi connectivity index (χ3v) is 13.0. The highest BCUT2D eigenvalue weighted by atomic mass is 16.4. The first-order valence-electron chi connectivity index (χ1n) is 20.7. The number of aromatic nitrogens is 1. The van der Waals surface area contributed by atoms with Gasteiger partial charge in [-0.2, -0.15) is 0 Å². The number of aromatic amines is 1. The summed E-state index contributed by atoms with van der Waals surface area (Å²) in [5.41, 5.74) is 8.33. The number of nitrogens with one attached hydrogen (secondary N) is 2. The maximum atomic E-state index is 12.7. The lowest BCUT2D eigenvalue weighted by Gasteiger charge is -2.42. The SMILES string of the molecule is CCCCCC1C=CC(CCCCCC(C(=O)O)C(O)C2C=CC3C(CC4=CCNC(N)=C4)CC(Cc4ccc(-c5cc(O)cc(O)c5)[nH]4)C3(O)C2)C(O)C1. The molecule has 4 aliphatic rings. The minimum atomic E-state index is -1.17. The van der Waals surface area contributed by atoms with Gasteiger partial charge in [-0.3, -0.25) is 4.79 Å². The third-order valence-electron chi connectivity index (χ3n) is 13.0. The Labute approximate surface area is 326 Å². The van der Waals surface area contributed by atoms with E-state index in [1.54, 1.807) is 12.1 Å². The van der Waals surface area contributed by atoms with Crippen LogP contribution in [0.4, 0.5) is 0 Å². The van der Waals surface area contributed by atoms with Crippen LogP contribution in [-0.2, 0) is 11.2 Å². The van der Waals surface area contributed by atoms with Crippen LogP contribution < -0.4 is 11.1 Å². The zero-order valence-corrected chi connectivity index (χ0v) is 32.3. The number of phenols is 2. The number of carbonyl (C=O) groups is 1. The molecule has 10 N–H and O–H groups in total. The minimum absolute atomic E-state index is 0.0371. The molecule has 0 saturated heterocycles. The fourth-order valence-electron chi connectivity index (χ4n) is 10.0. The van der Waals surface area contributed by atoms with Gasteiger partial charge in [-0.15, -0.1) is 0 Å². The summed E-state index contributed by atoms with van der Waals surface area (Å²) in [7, 11) is 0. The van der Waals surface area contributed by atoms with Crippen molar-refractivity contribution in [3.8, 4) is 22.8 Å². The van der Waals surface area contributed by atoms with Gasteiger partial charge in [0, 0.05) is 47.3 Å². The van der Waals surface area contributed by atoms with E-state index in [4.69, 9.17) is 5.73 Å². The second-order valence-corrected chi connectivity index (χ2v) is 16.9. The standard InChI is InChI=1S/C45H63N3O7/c1-2-3-5-8-28-11-12-30(41(51)20-28)9-6-4-7-10-38(44(53)54)43(52)31-13-15-39-32(19-29-17-18-47-42(46)21-29)22-34(45(39,55)27-31)25-35-14-16-40(48-35)33-23-36(49)26-37(50)24-33/h11-17,21,23-24,26,28,30-32,34,38-39,41,43,47-52,55H,2-10,18-20,22,25,27,46H2,1H3,(H,53,54). The number of hydrogen-bond acceptors (Lipinski definition) is 8. The number of nitrogens with two attached hydrogens (primary N) is 1. The molecule has 0 bridgehead atoms. The van der Waals surface area contributed by atoms with Crippen LogP contribution >= 0.6 is 0 Å². The molecule has 10 atom stereocenters. The molecule has 55 heavy (non-hydrogen) atoms. The number of unbranched alkanes of at least 4 members (excludes halogenated alkanes) is 4. The molecular weight excluding hydrogens is 695 g/mol. The lowest BCUT2D eigenvalue weighted by atomic mass is 9.68. The van der Waals surface area contributed by atoms with Crippen molar-refractivity contribution in [2.75, 3.05) is 6.54 Å². The molecule has 2 aromatic rings. The Hall–Kier alpha value is -3.99. The topological polar surface area (TPSA) is 192 Å². The second kappa shape index (κ2) is 18.3. The van der Waals surface area contributed by atoms with Crippen LogP contribution in [0.3, 0.4) is 0 Å². The first-order valence-corrected chi connectivity index (χ1v) is 20.7. The maximum Gasteiger partial charge on any atom is 0.309 e. The number of carboxylic acids is 1. The van der Waals surface area contributed by atoms with Crippen molar-refractivity contribution < 1.29 is 35.4 Å². The molecule has 1 aromatic heterocycles. The van der Waals surface area contributed by atoms with Crippen LogP contribution in [0.1, 0.15) is 96.1 Å². The first kappa shape index (κ1) is 40.7. The van der Waals surface area contributed by atoms with Crippen molar-refractivity contribution in [2.45, 2.75) is 115 Å². The number of carboxylic acid groups (broad SMARTS) is 1. The van der Waals surface area contributed by atoms with Gasteiger partial charge < -0.3 is 46.7 Å². The van der Waals surface area contributed by atoms with Crippen LogP contribution in [0.2, 0.25) is 0 Å². The summed E-state index contributed by atoms with van der Waals surface area (Å²) < 4.78 is 0. The Bertz CT molecular complexity index is 1710. The van der Waals surface area contributed by atoms with Crippen molar-refractivity contribution >= 4 is 5.97 Å². The molecule has 6 rings (SSSR count). The van der Waals surface area contributed by atoms with E-state index in [1.807, 2.05) is 30.4 Å². The lowest BCUT2D eigenvalue weighted by Crippen LogP contribution is -2.48. The van der Waals surface area contributed by atoms with Gasteiger partial charge in [0.1, 0.15) is 11.5 Å². The maximum absolute atomic E-state index is 12.7. The number of allylic oxidation sites excluding steroid dienone is 3. The number of aromatic hydroxyl groups is 2. The number of hydrogen-bond donors (Lipinski definition) is 9. The number of benzene rings is 1. The van der Waals surface area contributed by atoms with Crippen LogP contribution in [0.15, 0.2) is 78.2 Å². The van der Waals surface area contributed by atoms with Gasteiger partial charge in [0.25, 0.3) is 0 Å². The van der Waals surface area contributed by atoms with E-state index in [2.05, 4.69) is 35.5 Å². The lowest BCUT2D eigenvalue weighted by molar-refractivity contribution is -0.148. The number of aliphatic hydroxyl groups is 3. The van der Waals surface area contributed by atoms with Crippen molar-refractivity contribution in [1.29, 1.82) is 0 Å². The Balaban J connectivity index is 1.10. The first-order chi connectivity index (χ1) is 26.4. The molecule has 3 aliphatic carbocycles.